The topological polar surface area (TPSA) is 49.3 Å². The van der Waals surface area contributed by atoms with Gasteiger partial charge >= 0.3 is 0 Å². The molecule has 1 amide bonds. The Labute approximate surface area is 166 Å². The Balaban J connectivity index is 1.85. The average Bonchev–Trinajstić information content (AvgIpc) is 2.73. The number of amides is 1. The van der Waals surface area contributed by atoms with Gasteiger partial charge in [-0.25, -0.2) is 9.97 Å². The second kappa shape index (κ2) is 9.13. The second-order valence-electron chi connectivity index (χ2n) is 6.65. The minimum atomic E-state index is -0.118. The van der Waals surface area contributed by atoms with Crippen molar-refractivity contribution in [2.45, 2.75) is 27.3 Å². The monoisotopic (exact) mass is 374 g/mol. The van der Waals surface area contributed by atoms with Crippen LogP contribution in [0.15, 0.2) is 67.0 Å². The van der Waals surface area contributed by atoms with Gasteiger partial charge in [-0.15, -0.1) is 0 Å². The van der Waals surface area contributed by atoms with E-state index >= 15 is 0 Å². The number of anilines is 2. The van der Waals surface area contributed by atoms with Crippen molar-refractivity contribution >= 4 is 17.4 Å². The molecule has 3 aromatic rings. The van der Waals surface area contributed by atoms with Gasteiger partial charge < -0.3 is 9.80 Å². The zero-order valence-electron chi connectivity index (χ0n) is 16.7. The molecule has 0 atom stereocenters. The predicted molar refractivity (Wildman–Crippen MR) is 114 cm³/mol. The lowest BCUT2D eigenvalue weighted by Crippen LogP contribution is -2.32. The molecule has 0 unspecified atom stereocenters. The Bertz CT molecular complexity index is 927. The quantitative estimate of drug-likeness (QED) is 0.612. The molecule has 0 radical (unpaired) electrons. The SMILES string of the molecule is CCN(Cc1ccccc1)c1cc(C(=O)N(CC)c2cccc(C)c2)ncn1. The van der Waals surface area contributed by atoms with E-state index in [2.05, 4.69) is 33.9 Å². The van der Waals surface area contributed by atoms with E-state index in [0.29, 0.717) is 12.2 Å². The third-order valence-corrected chi connectivity index (χ3v) is 4.67. The number of rotatable bonds is 7. The fraction of sp³-hybridized carbons (Fsp3) is 0.261. The molecule has 1 heterocycles. The lowest BCUT2D eigenvalue weighted by molar-refractivity contribution is 0.0983. The van der Waals surface area contributed by atoms with Crippen LogP contribution in [0.5, 0.6) is 0 Å². The van der Waals surface area contributed by atoms with E-state index in [0.717, 1.165) is 30.2 Å². The Hall–Kier alpha value is -3.21. The highest BCUT2D eigenvalue weighted by molar-refractivity contribution is 6.05. The minimum Gasteiger partial charge on any atom is -0.352 e. The molecule has 144 valence electrons. The lowest BCUT2D eigenvalue weighted by Gasteiger charge is -2.24. The van der Waals surface area contributed by atoms with Crippen LogP contribution < -0.4 is 9.80 Å². The highest BCUT2D eigenvalue weighted by atomic mass is 16.2. The van der Waals surface area contributed by atoms with Crippen LogP contribution in [0.3, 0.4) is 0 Å². The van der Waals surface area contributed by atoms with Crippen LogP contribution in [0.2, 0.25) is 0 Å². The summed E-state index contributed by atoms with van der Waals surface area (Å²) >= 11 is 0. The highest BCUT2D eigenvalue weighted by Crippen LogP contribution is 2.20. The smallest absolute Gasteiger partial charge is 0.277 e. The molecule has 0 saturated heterocycles. The Morgan fingerprint density at radius 1 is 0.929 bits per heavy atom. The first-order valence-electron chi connectivity index (χ1n) is 9.61. The maximum absolute atomic E-state index is 13.1. The minimum absolute atomic E-state index is 0.118. The Morgan fingerprint density at radius 3 is 2.39 bits per heavy atom. The Morgan fingerprint density at radius 2 is 1.71 bits per heavy atom. The number of aromatic nitrogens is 2. The van der Waals surface area contributed by atoms with E-state index in [1.165, 1.54) is 11.9 Å². The molecule has 0 bridgehead atoms. The molecule has 5 heteroatoms. The van der Waals surface area contributed by atoms with Crippen molar-refractivity contribution in [1.82, 2.24) is 9.97 Å². The van der Waals surface area contributed by atoms with Crippen molar-refractivity contribution in [1.29, 1.82) is 0 Å². The maximum atomic E-state index is 13.1. The van der Waals surface area contributed by atoms with Crippen molar-refractivity contribution in [2.24, 2.45) is 0 Å². The van der Waals surface area contributed by atoms with Gasteiger partial charge in [0.1, 0.15) is 17.8 Å². The number of nitrogens with zero attached hydrogens (tertiary/aromatic N) is 4. The third kappa shape index (κ3) is 4.55. The van der Waals surface area contributed by atoms with Crippen LogP contribution in [-0.4, -0.2) is 29.0 Å². The van der Waals surface area contributed by atoms with Crippen LogP contribution in [0.25, 0.3) is 0 Å². The van der Waals surface area contributed by atoms with Crippen molar-refractivity contribution in [2.75, 3.05) is 22.9 Å². The molecule has 0 saturated carbocycles. The largest absolute Gasteiger partial charge is 0.352 e. The first kappa shape index (κ1) is 19.5. The number of carbonyl (C=O) groups excluding carboxylic acids is 1. The third-order valence-electron chi connectivity index (χ3n) is 4.67. The van der Waals surface area contributed by atoms with E-state index in [4.69, 9.17) is 0 Å². The van der Waals surface area contributed by atoms with Crippen LogP contribution in [-0.2, 0) is 6.54 Å². The summed E-state index contributed by atoms with van der Waals surface area (Å²) in [6.45, 7) is 8.16. The predicted octanol–water partition coefficient (Wildman–Crippen LogP) is 4.48. The molecule has 0 fully saturated rings. The molecule has 28 heavy (non-hydrogen) atoms. The zero-order valence-corrected chi connectivity index (χ0v) is 16.7. The molecule has 3 rings (SSSR count). The molecular weight excluding hydrogens is 348 g/mol. The van der Waals surface area contributed by atoms with Crippen LogP contribution in [0.1, 0.15) is 35.5 Å². The first-order chi connectivity index (χ1) is 13.6. The first-order valence-corrected chi connectivity index (χ1v) is 9.61. The van der Waals surface area contributed by atoms with E-state index in [9.17, 15) is 4.79 Å². The van der Waals surface area contributed by atoms with Gasteiger partial charge in [0, 0.05) is 31.4 Å². The van der Waals surface area contributed by atoms with Gasteiger partial charge in [-0.2, -0.15) is 0 Å². The van der Waals surface area contributed by atoms with Crippen molar-refractivity contribution in [3.8, 4) is 0 Å². The second-order valence-corrected chi connectivity index (χ2v) is 6.65. The van der Waals surface area contributed by atoms with E-state index in [-0.39, 0.29) is 5.91 Å². The summed E-state index contributed by atoms with van der Waals surface area (Å²) < 4.78 is 0. The van der Waals surface area contributed by atoms with E-state index in [1.54, 1.807) is 11.0 Å². The molecule has 0 aliphatic carbocycles. The fourth-order valence-electron chi connectivity index (χ4n) is 3.17. The van der Waals surface area contributed by atoms with E-state index < -0.39 is 0 Å². The van der Waals surface area contributed by atoms with Gasteiger partial charge in [-0.3, -0.25) is 4.79 Å². The summed E-state index contributed by atoms with van der Waals surface area (Å²) in [5.74, 6) is 0.637. The molecule has 1 aromatic heterocycles. The number of carbonyl (C=O) groups is 1. The molecule has 0 aliphatic heterocycles. The molecule has 0 spiro atoms. The lowest BCUT2D eigenvalue weighted by atomic mass is 10.2. The summed E-state index contributed by atoms with van der Waals surface area (Å²) in [5, 5.41) is 0. The van der Waals surface area contributed by atoms with Crippen molar-refractivity contribution in [3.63, 3.8) is 0 Å². The van der Waals surface area contributed by atoms with Gasteiger partial charge in [-0.1, -0.05) is 42.5 Å². The maximum Gasteiger partial charge on any atom is 0.277 e. The number of aryl methyl sites for hydroxylation is 1. The van der Waals surface area contributed by atoms with Gasteiger partial charge in [0.25, 0.3) is 5.91 Å². The number of hydrogen-bond acceptors (Lipinski definition) is 4. The average molecular weight is 374 g/mol. The van der Waals surface area contributed by atoms with Crippen LogP contribution in [0.4, 0.5) is 11.5 Å². The van der Waals surface area contributed by atoms with Gasteiger partial charge in [-0.05, 0) is 44.0 Å². The fourth-order valence-corrected chi connectivity index (χ4v) is 3.17. The van der Waals surface area contributed by atoms with E-state index in [1.807, 2.05) is 56.3 Å². The highest BCUT2D eigenvalue weighted by Gasteiger charge is 2.19. The molecule has 2 aromatic carbocycles. The van der Waals surface area contributed by atoms with Gasteiger partial charge in [0.05, 0.1) is 0 Å². The van der Waals surface area contributed by atoms with Crippen LogP contribution in [0, 0.1) is 6.92 Å². The standard InChI is InChI=1S/C23H26N4O/c1-4-26(16-19-11-7-6-8-12-19)22-15-21(24-17-25-22)23(28)27(5-2)20-13-9-10-18(3)14-20/h6-15,17H,4-5,16H2,1-3H3. The molecule has 5 nitrogen and oxygen atoms in total. The normalized spacial score (nSPS) is 10.5. The van der Waals surface area contributed by atoms with Crippen molar-refractivity contribution in [3.05, 3.63) is 83.8 Å². The Kier molecular flexibility index (Phi) is 6.37. The molecule has 0 aliphatic rings. The molecular formula is C23H26N4O. The number of benzene rings is 2. The summed E-state index contributed by atoms with van der Waals surface area (Å²) in [6.07, 6.45) is 1.47. The molecule has 0 N–H and O–H groups in total. The summed E-state index contributed by atoms with van der Waals surface area (Å²) in [4.78, 5) is 25.7. The number of hydrogen-bond donors (Lipinski definition) is 0. The summed E-state index contributed by atoms with van der Waals surface area (Å²) in [5.41, 5.74) is 3.60. The summed E-state index contributed by atoms with van der Waals surface area (Å²) in [7, 11) is 0. The van der Waals surface area contributed by atoms with Gasteiger partial charge in [0.2, 0.25) is 0 Å². The summed E-state index contributed by atoms with van der Waals surface area (Å²) in [6, 6.07) is 20.0. The van der Waals surface area contributed by atoms with Crippen LogP contribution >= 0.6 is 0 Å². The van der Waals surface area contributed by atoms with Gasteiger partial charge in [0.15, 0.2) is 0 Å². The van der Waals surface area contributed by atoms with Crippen molar-refractivity contribution < 1.29 is 4.79 Å². The zero-order chi connectivity index (χ0) is 19.9.